The maximum absolute atomic E-state index is 11.5. The van der Waals surface area contributed by atoms with Crippen molar-refractivity contribution in [2.24, 2.45) is 5.41 Å². The Balaban J connectivity index is 2.43. The first-order chi connectivity index (χ1) is 8.85. The van der Waals surface area contributed by atoms with Gasteiger partial charge in [0.05, 0.1) is 13.2 Å². The molecular formula is C15H21NO3. The Hall–Kier alpha value is -1.71. The van der Waals surface area contributed by atoms with Gasteiger partial charge in [-0.1, -0.05) is 26.0 Å². The smallest absolute Gasteiger partial charge is 0.407 e. The summed E-state index contributed by atoms with van der Waals surface area (Å²) in [6.07, 6.45) is -0.351. The van der Waals surface area contributed by atoms with Crippen molar-refractivity contribution >= 4 is 6.09 Å². The number of carbonyl (C=O) groups excluding carboxylic acids is 1. The standard InChI is InChI=1S/C15H21NO3/c1-9-6-11(7-10(2)12(9)18-5)13-15(3,4)8-19-14(17)16-13/h6-7,13H,8H2,1-5H3,(H,16,17)/t13-/m0/s1. The number of rotatable bonds is 2. The van der Waals surface area contributed by atoms with Crippen molar-refractivity contribution in [2.45, 2.75) is 33.7 Å². The van der Waals surface area contributed by atoms with Crippen LogP contribution in [0.3, 0.4) is 0 Å². The third-order valence-electron chi connectivity index (χ3n) is 3.64. The topological polar surface area (TPSA) is 47.6 Å². The van der Waals surface area contributed by atoms with Crippen LogP contribution in [0.4, 0.5) is 4.79 Å². The van der Waals surface area contributed by atoms with E-state index < -0.39 is 0 Å². The Labute approximate surface area is 114 Å². The first-order valence-corrected chi connectivity index (χ1v) is 6.43. The molecule has 104 valence electrons. The Kier molecular flexibility index (Phi) is 3.43. The number of cyclic esters (lactones) is 1. The van der Waals surface area contributed by atoms with Crippen molar-refractivity contribution in [1.29, 1.82) is 0 Å². The van der Waals surface area contributed by atoms with Gasteiger partial charge in [0.15, 0.2) is 0 Å². The van der Waals surface area contributed by atoms with E-state index in [-0.39, 0.29) is 17.6 Å². The number of ether oxygens (including phenoxy) is 2. The quantitative estimate of drug-likeness (QED) is 0.891. The molecule has 1 aliphatic heterocycles. The molecule has 0 radical (unpaired) electrons. The van der Waals surface area contributed by atoms with Crippen molar-refractivity contribution in [2.75, 3.05) is 13.7 Å². The summed E-state index contributed by atoms with van der Waals surface area (Å²) in [5.41, 5.74) is 3.11. The van der Waals surface area contributed by atoms with Crippen LogP contribution in [0.5, 0.6) is 5.75 Å². The lowest BCUT2D eigenvalue weighted by atomic mass is 9.79. The summed E-state index contributed by atoms with van der Waals surface area (Å²) in [5, 5.41) is 2.91. The monoisotopic (exact) mass is 263 g/mol. The lowest BCUT2D eigenvalue weighted by Crippen LogP contribution is -2.46. The number of hydrogen-bond donors (Lipinski definition) is 1. The number of aryl methyl sites for hydroxylation is 2. The fourth-order valence-electron chi connectivity index (χ4n) is 2.70. The van der Waals surface area contributed by atoms with E-state index in [1.54, 1.807) is 7.11 Å². The zero-order valence-electron chi connectivity index (χ0n) is 12.2. The van der Waals surface area contributed by atoms with Crippen molar-refractivity contribution in [1.82, 2.24) is 5.32 Å². The molecule has 1 heterocycles. The highest BCUT2D eigenvalue weighted by Gasteiger charge is 2.38. The maximum Gasteiger partial charge on any atom is 0.407 e. The fourth-order valence-corrected chi connectivity index (χ4v) is 2.70. The zero-order chi connectivity index (χ0) is 14.2. The van der Waals surface area contributed by atoms with Crippen LogP contribution < -0.4 is 10.1 Å². The lowest BCUT2D eigenvalue weighted by Gasteiger charge is -2.38. The number of methoxy groups -OCH3 is 1. The molecule has 0 aromatic heterocycles. The van der Waals surface area contributed by atoms with Gasteiger partial charge in [-0.25, -0.2) is 4.79 Å². The molecule has 1 aliphatic rings. The number of alkyl carbamates (subject to hydrolysis) is 1. The van der Waals surface area contributed by atoms with Gasteiger partial charge in [-0.15, -0.1) is 0 Å². The Morgan fingerprint density at radius 3 is 2.42 bits per heavy atom. The highest BCUT2D eigenvalue weighted by atomic mass is 16.6. The van der Waals surface area contributed by atoms with Gasteiger partial charge < -0.3 is 14.8 Å². The molecule has 2 rings (SSSR count). The predicted molar refractivity (Wildman–Crippen MR) is 73.5 cm³/mol. The molecular weight excluding hydrogens is 242 g/mol. The van der Waals surface area contributed by atoms with E-state index in [1.165, 1.54) is 0 Å². The van der Waals surface area contributed by atoms with Crippen LogP contribution in [0.15, 0.2) is 12.1 Å². The van der Waals surface area contributed by atoms with Gasteiger partial charge in [-0.3, -0.25) is 0 Å². The minimum absolute atomic E-state index is 0.0444. The number of amides is 1. The van der Waals surface area contributed by atoms with E-state index in [9.17, 15) is 4.79 Å². The summed E-state index contributed by atoms with van der Waals surface area (Å²) in [5.74, 6) is 0.903. The fraction of sp³-hybridized carbons (Fsp3) is 0.533. The van der Waals surface area contributed by atoms with Crippen molar-refractivity contribution in [3.63, 3.8) is 0 Å². The molecule has 19 heavy (non-hydrogen) atoms. The van der Waals surface area contributed by atoms with Crippen LogP contribution in [0, 0.1) is 19.3 Å². The second kappa shape index (κ2) is 4.76. The van der Waals surface area contributed by atoms with E-state index in [2.05, 4.69) is 31.3 Å². The molecule has 0 aliphatic carbocycles. The molecule has 4 heteroatoms. The van der Waals surface area contributed by atoms with E-state index in [0.29, 0.717) is 6.61 Å². The van der Waals surface area contributed by atoms with Crippen LogP contribution in [-0.2, 0) is 4.74 Å². The highest BCUT2D eigenvalue weighted by Crippen LogP contribution is 2.38. The summed E-state index contributed by atoms with van der Waals surface area (Å²) in [7, 11) is 1.68. The Morgan fingerprint density at radius 1 is 1.32 bits per heavy atom. The maximum atomic E-state index is 11.5. The molecule has 1 amide bonds. The Morgan fingerprint density at radius 2 is 1.89 bits per heavy atom. The van der Waals surface area contributed by atoms with Gasteiger partial charge in [0.25, 0.3) is 0 Å². The second-order valence-electron chi connectivity index (χ2n) is 5.83. The van der Waals surface area contributed by atoms with Gasteiger partial charge in [-0.2, -0.15) is 0 Å². The van der Waals surface area contributed by atoms with E-state index in [0.717, 1.165) is 22.4 Å². The summed E-state index contributed by atoms with van der Waals surface area (Å²) < 4.78 is 10.5. The highest BCUT2D eigenvalue weighted by molar-refractivity contribution is 5.69. The zero-order valence-corrected chi connectivity index (χ0v) is 12.2. The minimum atomic E-state index is -0.351. The predicted octanol–water partition coefficient (Wildman–Crippen LogP) is 3.12. The summed E-state index contributed by atoms with van der Waals surface area (Å²) in [4.78, 5) is 11.5. The van der Waals surface area contributed by atoms with Crippen LogP contribution in [0.2, 0.25) is 0 Å². The first-order valence-electron chi connectivity index (χ1n) is 6.43. The summed E-state index contributed by atoms with van der Waals surface area (Å²) in [6.45, 7) is 8.64. The van der Waals surface area contributed by atoms with Gasteiger partial charge >= 0.3 is 6.09 Å². The van der Waals surface area contributed by atoms with Crippen LogP contribution >= 0.6 is 0 Å². The third kappa shape index (κ3) is 2.53. The van der Waals surface area contributed by atoms with Gasteiger partial charge in [0.1, 0.15) is 12.4 Å². The number of nitrogens with one attached hydrogen (secondary N) is 1. The molecule has 0 bridgehead atoms. The van der Waals surface area contributed by atoms with Crippen LogP contribution in [0.25, 0.3) is 0 Å². The molecule has 0 spiro atoms. The van der Waals surface area contributed by atoms with Crippen molar-refractivity contribution in [3.8, 4) is 5.75 Å². The summed E-state index contributed by atoms with van der Waals surface area (Å²) >= 11 is 0. The Bertz CT molecular complexity index is 485. The van der Waals surface area contributed by atoms with Gasteiger partial charge in [0, 0.05) is 5.41 Å². The van der Waals surface area contributed by atoms with Gasteiger partial charge in [-0.05, 0) is 30.5 Å². The van der Waals surface area contributed by atoms with Crippen LogP contribution in [0.1, 0.15) is 36.6 Å². The molecule has 1 fully saturated rings. The molecule has 1 saturated heterocycles. The number of benzene rings is 1. The lowest BCUT2D eigenvalue weighted by molar-refractivity contribution is 0.0387. The summed E-state index contributed by atoms with van der Waals surface area (Å²) in [6, 6.07) is 4.10. The first kappa shape index (κ1) is 13.7. The van der Waals surface area contributed by atoms with E-state index >= 15 is 0 Å². The van der Waals surface area contributed by atoms with Gasteiger partial charge in [0.2, 0.25) is 0 Å². The SMILES string of the molecule is COc1c(C)cc([C@@H]2NC(=O)OCC2(C)C)cc1C. The molecule has 0 unspecified atom stereocenters. The van der Waals surface area contributed by atoms with Crippen molar-refractivity contribution < 1.29 is 14.3 Å². The molecule has 0 saturated carbocycles. The largest absolute Gasteiger partial charge is 0.496 e. The van der Waals surface area contributed by atoms with E-state index in [4.69, 9.17) is 9.47 Å². The third-order valence-corrected chi connectivity index (χ3v) is 3.64. The second-order valence-corrected chi connectivity index (χ2v) is 5.83. The normalized spacial score (nSPS) is 21.5. The minimum Gasteiger partial charge on any atom is -0.496 e. The van der Waals surface area contributed by atoms with E-state index in [1.807, 2.05) is 13.8 Å². The number of carbonyl (C=O) groups is 1. The molecule has 1 aromatic rings. The van der Waals surface area contributed by atoms with Crippen molar-refractivity contribution in [3.05, 3.63) is 28.8 Å². The molecule has 1 N–H and O–H groups in total. The average Bonchev–Trinajstić information content (AvgIpc) is 2.32. The molecule has 4 nitrogen and oxygen atoms in total. The van der Waals surface area contributed by atoms with Crippen LogP contribution in [-0.4, -0.2) is 19.8 Å². The number of hydrogen-bond acceptors (Lipinski definition) is 3. The molecule has 1 aromatic carbocycles. The average molecular weight is 263 g/mol. The molecule has 1 atom stereocenters.